The molecule has 3 unspecified atom stereocenters. The maximum atomic E-state index is 11.6. The van der Waals surface area contributed by atoms with Gasteiger partial charge in [-0.2, -0.15) is 5.10 Å². The maximum Gasteiger partial charge on any atom is 0.281 e. The SMILES string of the molecule is O=C(N/N=C/C1CC2CCC1C2)c1cccs1. The first kappa shape index (κ1) is 11.0. The van der Waals surface area contributed by atoms with Gasteiger partial charge in [0.05, 0.1) is 4.88 Å². The Hall–Kier alpha value is -1.16. The van der Waals surface area contributed by atoms with E-state index in [-0.39, 0.29) is 5.91 Å². The van der Waals surface area contributed by atoms with Crippen molar-refractivity contribution in [2.75, 3.05) is 0 Å². The van der Waals surface area contributed by atoms with Crippen molar-refractivity contribution in [3.8, 4) is 0 Å². The highest BCUT2D eigenvalue weighted by Gasteiger charge is 2.38. The number of thiophene rings is 1. The van der Waals surface area contributed by atoms with Gasteiger partial charge in [-0.3, -0.25) is 4.79 Å². The van der Waals surface area contributed by atoms with E-state index in [2.05, 4.69) is 10.5 Å². The molecule has 0 saturated heterocycles. The van der Waals surface area contributed by atoms with Gasteiger partial charge in [-0.15, -0.1) is 11.3 Å². The number of amides is 1. The summed E-state index contributed by atoms with van der Waals surface area (Å²) >= 11 is 1.44. The molecule has 3 nitrogen and oxygen atoms in total. The molecule has 3 atom stereocenters. The lowest BCUT2D eigenvalue weighted by atomic mass is 9.90. The molecule has 0 aromatic carbocycles. The predicted octanol–water partition coefficient (Wildman–Crippen LogP) is 2.90. The van der Waals surface area contributed by atoms with Crippen LogP contribution in [0.2, 0.25) is 0 Å². The topological polar surface area (TPSA) is 41.5 Å². The first-order chi connectivity index (χ1) is 8.33. The Morgan fingerprint density at radius 3 is 3.06 bits per heavy atom. The van der Waals surface area contributed by atoms with Crippen molar-refractivity contribution in [3.05, 3.63) is 22.4 Å². The monoisotopic (exact) mass is 248 g/mol. The quantitative estimate of drug-likeness (QED) is 0.648. The average molecular weight is 248 g/mol. The Morgan fingerprint density at radius 2 is 2.41 bits per heavy atom. The van der Waals surface area contributed by atoms with Crippen molar-refractivity contribution in [2.24, 2.45) is 22.9 Å². The van der Waals surface area contributed by atoms with Crippen LogP contribution < -0.4 is 5.43 Å². The Kier molecular flexibility index (Phi) is 2.97. The Bertz CT molecular complexity index is 427. The van der Waals surface area contributed by atoms with Gasteiger partial charge in [0.2, 0.25) is 0 Å². The molecule has 1 heterocycles. The molecule has 1 amide bonds. The van der Waals surface area contributed by atoms with E-state index in [9.17, 15) is 4.79 Å². The van der Waals surface area contributed by atoms with Crippen LogP contribution in [0.4, 0.5) is 0 Å². The van der Waals surface area contributed by atoms with Gasteiger partial charge >= 0.3 is 0 Å². The summed E-state index contributed by atoms with van der Waals surface area (Å²) in [5.41, 5.74) is 2.61. The zero-order valence-electron chi connectivity index (χ0n) is 9.63. The second kappa shape index (κ2) is 4.61. The third-order valence-corrected chi connectivity index (χ3v) is 4.84. The van der Waals surface area contributed by atoms with Crippen LogP contribution in [0, 0.1) is 17.8 Å². The molecule has 0 spiro atoms. The van der Waals surface area contributed by atoms with E-state index in [1.165, 1.54) is 37.0 Å². The van der Waals surface area contributed by atoms with Gasteiger partial charge in [-0.25, -0.2) is 5.43 Å². The standard InChI is InChI=1S/C13H16N2OS/c16-13(12-2-1-5-17-12)15-14-8-11-7-9-3-4-10(11)6-9/h1-2,5,8-11H,3-4,6-7H2,(H,15,16)/b14-8+. The number of rotatable bonds is 3. The zero-order valence-corrected chi connectivity index (χ0v) is 10.5. The van der Waals surface area contributed by atoms with E-state index in [4.69, 9.17) is 0 Å². The molecule has 2 bridgehead atoms. The summed E-state index contributed by atoms with van der Waals surface area (Å²) in [6.45, 7) is 0. The van der Waals surface area contributed by atoms with Gasteiger partial charge in [0.25, 0.3) is 5.91 Å². The summed E-state index contributed by atoms with van der Waals surface area (Å²) in [6.07, 6.45) is 7.34. The van der Waals surface area contributed by atoms with Crippen LogP contribution in [0.1, 0.15) is 35.4 Å². The number of fused-ring (bicyclic) bond motifs is 2. The fourth-order valence-electron chi connectivity index (χ4n) is 3.13. The fraction of sp³-hybridized carbons (Fsp3) is 0.538. The lowest BCUT2D eigenvalue weighted by Gasteiger charge is -2.16. The molecule has 2 saturated carbocycles. The van der Waals surface area contributed by atoms with Crippen molar-refractivity contribution >= 4 is 23.5 Å². The van der Waals surface area contributed by atoms with Gasteiger partial charge in [0.15, 0.2) is 0 Å². The van der Waals surface area contributed by atoms with E-state index < -0.39 is 0 Å². The van der Waals surface area contributed by atoms with Crippen LogP contribution in [0.15, 0.2) is 22.6 Å². The van der Waals surface area contributed by atoms with Crippen molar-refractivity contribution in [2.45, 2.75) is 25.7 Å². The fourth-order valence-corrected chi connectivity index (χ4v) is 3.74. The number of nitrogens with one attached hydrogen (secondary N) is 1. The van der Waals surface area contributed by atoms with E-state index in [0.717, 1.165) is 16.7 Å². The first-order valence-electron chi connectivity index (χ1n) is 6.20. The molecule has 2 aliphatic rings. The van der Waals surface area contributed by atoms with Crippen LogP contribution >= 0.6 is 11.3 Å². The zero-order chi connectivity index (χ0) is 11.7. The predicted molar refractivity (Wildman–Crippen MR) is 69.2 cm³/mol. The summed E-state index contributed by atoms with van der Waals surface area (Å²) in [5.74, 6) is 2.24. The minimum atomic E-state index is -0.0978. The number of carbonyl (C=O) groups is 1. The largest absolute Gasteiger partial charge is 0.281 e. The average Bonchev–Trinajstić information content (AvgIpc) is 3.06. The van der Waals surface area contributed by atoms with Crippen LogP contribution in [0.25, 0.3) is 0 Å². The Balaban J connectivity index is 1.53. The second-order valence-corrected chi connectivity index (χ2v) is 5.98. The number of nitrogens with zero attached hydrogens (tertiary/aromatic N) is 1. The minimum absolute atomic E-state index is 0.0978. The normalized spacial score (nSPS) is 31.2. The second-order valence-electron chi connectivity index (χ2n) is 5.04. The molecule has 4 heteroatoms. The minimum Gasteiger partial charge on any atom is -0.266 e. The van der Waals surface area contributed by atoms with Crippen LogP contribution in [-0.2, 0) is 0 Å². The molecule has 17 heavy (non-hydrogen) atoms. The highest BCUT2D eigenvalue weighted by molar-refractivity contribution is 7.12. The van der Waals surface area contributed by atoms with Gasteiger partial charge in [0.1, 0.15) is 0 Å². The summed E-state index contributed by atoms with van der Waals surface area (Å²) < 4.78 is 0. The summed E-state index contributed by atoms with van der Waals surface area (Å²) in [4.78, 5) is 12.3. The molecule has 2 aliphatic carbocycles. The van der Waals surface area contributed by atoms with Crippen LogP contribution in [-0.4, -0.2) is 12.1 Å². The molecule has 1 aromatic heterocycles. The lowest BCUT2D eigenvalue weighted by Crippen LogP contribution is -2.19. The number of hydrazone groups is 1. The lowest BCUT2D eigenvalue weighted by molar-refractivity contribution is 0.0959. The van der Waals surface area contributed by atoms with Gasteiger partial charge in [0, 0.05) is 6.21 Å². The summed E-state index contributed by atoms with van der Waals surface area (Å²) in [5, 5.41) is 6.01. The first-order valence-corrected chi connectivity index (χ1v) is 7.08. The Morgan fingerprint density at radius 1 is 1.47 bits per heavy atom. The van der Waals surface area contributed by atoms with Gasteiger partial charge in [-0.05, 0) is 48.5 Å². The van der Waals surface area contributed by atoms with E-state index in [1.54, 1.807) is 0 Å². The van der Waals surface area contributed by atoms with Crippen LogP contribution in [0.5, 0.6) is 0 Å². The van der Waals surface area contributed by atoms with E-state index >= 15 is 0 Å². The third-order valence-electron chi connectivity index (χ3n) is 3.97. The summed E-state index contributed by atoms with van der Waals surface area (Å²) in [6, 6.07) is 3.69. The smallest absolute Gasteiger partial charge is 0.266 e. The number of hydrogen-bond acceptors (Lipinski definition) is 3. The summed E-state index contributed by atoms with van der Waals surface area (Å²) in [7, 11) is 0. The molecule has 0 aliphatic heterocycles. The Labute approximate surface area is 105 Å². The van der Waals surface area contributed by atoms with Gasteiger partial charge in [-0.1, -0.05) is 12.5 Å². The molecule has 3 rings (SSSR count). The van der Waals surface area contributed by atoms with Gasteiger partial charge < -0.3 is 0 Å². The third kappa shape index (κ3) is 2.27. The van der Waals surface area contributed by atoms with Crippen molar-refractivity contribution < 1.29 is 4.79 Å². The maximum absolute atomic E-state index is 11.6. The molecule has 90 valence electrons. The molecular formula is C13H16N2OS. The van der Waals surface area contributed by atoms with Crippen molar-refractivity contribution in [1.29, 1.82) is 0 Å². The molecule has 2 fully saturated rings. The van der Waals surface area contributed by atoms with Crippen LogP contribution in [0.3, 0.4) is 0 Å². The molecule has 0 radical (unpaired) electrons. The molecule has 1 N–H and O–H groups in total. The highest BCUT2D eigenvalue weighted by atomic mass is 32.1. The number of carbonyl (C=O) groups excluding carboxylic acids is 1. The van der Waals surface area contributed by atoms with Crippen molar-refractivity contribution in [3.63, 3.8) is 0 Å². The van der Waals surface area contributed by atoms with E-state index in [0.29, 0.717) is 5.92 Å². The van der Waals surface area contributed by atoms with E-state index in [1.807, 2.05) is 23.7 Å². The van der Waals surface area contributed by atoms with Crippen molar-refractivity contribution in [1.82, 2.24) is 5.43 Å². The molecular weight excluding hydrogens is 232 g/mol. The number of hydrogen-bond donors (Lipinski definition) is 1. The molecule has 1 aromatic rings. The highest BCUT2D eigenvalue weighted by Crippen LogP contribution is 2.47.